The summed E-state index contributed by atoms with van der Waals surface area (Å²) in [6, 6.07) is 5.58. The molecular formula is C18H28N4. The smallest absolute Gasteiger partial charge is 0.171 e. The van der Waals surface area contributed by atoms with Gasteiger partial charge in [0.1, 0.15) is 6.54 Å². The minimum atomic E-state index is 1.18. The zero-order valence-electron chi connectivity index (χ0n) is 14.0. The lowest BCUT2D eigenvalue weighted by atomic mass is 10.1. The van der Waals surface area contributed by atoms with Gasteiger partial charge in [0.05, 0.1) is 6.19 Å². The molecule has 0 saturated carbocycles. The fourth-order valence-corrected chi connectivity index (χ4v) is 2.24. The van der Waals surface area contributed by atoms with E-state index >= 15 is 0 Å². The van der Waals surface area contributed by atoms with E-state index in [2.05, 4.69) is 47.9 Å². The van der Waals surface area contributed by atoms with Crippen LogP contribution in [0.4, 0.5) is 0 Å². The van der Waals surface area contributed by atoms with Crippen LogP contribution in [0.15, 0.2) is 29.5 Å². The van der Waals surface area contributed by atoms with Gasteiger partial charge in [-0.2, -0.15) is 5.26 Å². The van der Waals surface area contributed by atoms with Crippen molar-refractivity contribution in [3.8, 4) is 6.19 Å². The van der Waals surface area contributed by atoms with Gasteiger partial charge in [-0.25, -0.2) is 4.57 Å². The molecule has 0 amide bonds. The van der Waals surface area contributed by atoms with Crippen molar-refractivity contribution in [3.63, 3.8) is 0 Å². The summed E-state index contributed by atoms with van der Waals surface area (Å²) < 4.78 is 2.31. The van der Waals surface area contributed by atoms with E-state index in [0.717, 1.165) is 0 Å². The topological polar surface area (TPSA) is 62.3 Å². The summed E-state index contributed by atoms with van der Waals surface area (Å²) in [5.74, 6) is 0. The van der Waals surface area contributed by atoms with Crippen molar-refractivity contribution in [3.05, 3.63) is 35.5 Å². The number of aryl methyl sites for hydroxylation is 2. The molecule has 0 aliphatic carbocycles. The average molecular weight is 300 g/mol. The third kappa shape index (κ3) is 13.0. The Labute approximate surface area is 135 Å². The molecule has 0 spiro atoms. The molecule has 1 heterocycles. The highest BCUT2D eigenvalue weighted by Crippen LogP contribution is 2.08. The largest absolute Gasteiger partial charge is 0.422 e. The first-order valence-corrected chi connectivity index (χ1v) is 8.18. The molecule has 0 bridgehead atoms. The molecule has 0 aliphatic heterocycles. The minimum absolute atomic E-state index is 1.18. The first kappa shape index (κ1) is 20.0. The van der Waals surface area contributed by atoms with E-state index in [1.54, 1.807) is 0 Å². The van der Waals surface area contributed by atoms with Gasteiger partial charge in [0.2, 0.25) is 0 Å². The predicted octanol–water partition coefficient (Wildman–Crippen LogP) is 4.63. The quantitative estimate of drug-likeness (QED) is 0.284. The van der Waals surface area contributed by atoms with E-state index in [-0.39, 0.29) is 0 Å². The molecule has 1 aromatic heterocycles. The molecule has 22 heavy (non-hydrogen) atoms. The van der Waals surface area contributed by atoms with Crippen LogP contribution in [0.2, 0.25) is 0 Å². The Morgan fingerprint density at radius 2 is 1.77 bits per heavy atom. The first-order chi connectivity index (χ1) is 10.7. The fourth-order valence-electron chi connectivity index (χ4n) is 2.24. The van der Waals surface area contributed by atoms with Crippen molar-refractivity contribution in [2.45, 2.75) is 71.8 Å². The normalized spacial score (nSPS) is 9.14. The summed E-state index contributed by atoms with van der Waals surface area (Å²) in [5.41, 5.74) is 1.35. The second kappa shape index (κ2) is 15.4. The van der Waals surface area contributed by atoms with Crippen molar-refractivity contribution in [1.82, 2.24) is 0 Å². The maximum absolute atomic E-state index is 7.43. The molecule has 1 aromatic rings. The van der Waals surface area contributed by atoms with Crippen molar-refractivity contribution < 1.29 is 4.57 Å². The predicted molar refractivity (Wildman–Crippen MR) is 90.4 cm³/mol. The Morgan fingerprint density at radius 3 is 2.27 bits per heavy atom. The van der Waals surface area contributed by atoms with Crippen LogP contribution in [-0.2, 0) is 6.54 Å². The highest BCUT2D eigenvalue weighted by atomic mass is 14.9. The maximum Gasteiger partial charge on any atom is 0.171 e. The fraction of sp³-hybridized carbons (Fsp3) is 0.611. The van der Waals surface area contributed by atoms with Gasteiger partial charge in [-0.1, -0.05) is 45.4 Å². The standard InChI is InChI=1S/C16H28N.C2N3/c1-3-4-5-6-7-8-9-10-13-17-14-11-12-16(2)15-17;3-1-5-2-4/h11-12,14-15H,3-10,13H2,1-2H3;/q+1;-1. The summed E-state index contributed by atoms with van der Waals surface area (Å²) in [4.78, 5) is 2.58. The van der Waals surface area contributed by atoms with Crippen LogP contribution in [0.5, 0.6) is 0 Å². The summed E-state index contributed by atoms with van der Waals surface area (Å²) in [5, 5.41) is 14.9. The van der Waals surface area contributed by atoms with Crippen LogP contribution in [0.1, 0.15) is 63.9 Å². The molecule has 0 unspecified atom stereocenters. The van der Waals surface area contributed by atoms with Crippen molar-refractivity contribution in [2.75, 3.05) is 0 Å². The van der Waals surface area contributed by atoms with Gasteiger partial charge in [-0.3, -0.25) is 0 Å². The number of nitrogens with zero attached hydrogens (tertiary/aromatic N) is 4. The molecule has 1 rings (SSSR count). The van der Waals surface area contributed by atoms with Gasteiger partial charge < -0.3 is 10.4 Å². The lowest BCUT2D eigenvalue weighted by Crippen LogP contribution is -2.32. The molecule has 4 nitrogen and oxygen atoms in total. The molecule has 0 saturated heterocycles. The molecule has 0 radical (unpaired) electrons. The number of hydrogen-bond donors (Lipinski definition) is 0. The lowest BCUT2D eigenvalue weighted by Gasteiger charge is -2.00. The van der Waals surface area contributed by atoms with Crippen molar-refractivity contribution >= 4 is 6.01 Å². The third-order valence-electron chi connectivity index (χ3n) is 3.38. The van der Waals surface area contributed by atoms with Gasteiger partial charge in [-0.15, -0.1) is 6.01 Å². The minimum Gasteiger partial charge on any atom is -0.422 e. The summed E-state index contributed by atoms with van der Waals surface area (Å²) in [6.45, 7) is 5.61. The van der Waals surface area contributed by atoms with E-state index in [4.69, 9.17) is 10.7 Å². The molecule has 0 aromatic carbocycles. The number of aliphatic imine (C=N–C) groups is 1. The molecule has 0 aliphatic rings. The van der Waals surface area contributed by atoms with E-state index in [1.165, 1.54) is 75.7 Å². The van der Waals surface area contributed by atoms with Crippen LogP contribution in [0.3, 0.4) is 0 Å². The zero-order chi connectivity index (χ0) is 16.5. The molecule has 4 heteroatoms. The van der Waals surface area contributed by atoms with Crippen LogP contribution >= 0.6 is 0 Å². The highest BCUT2D eigenvalue weighted by Gasteiger charge is 1.99. The third-order valence-corrected chi connectivity index (χ3v) is 3.38. The van der Waals surface area contributed by atoms with Gasteiger partial charge in [0, 0.05) is 18.1 Å². The lowest BCUT2D eigenvalue weighted by molar-refractivity contribution is -0.697. The number of pyridine rings is 1. The second-order valence-electron chi connectivity index (χ2n) is 5.41. The molecule has 120 valence electrons. The second-order valence-corrected chi connectivity index (χ2v) is 5.41. The monoisotopic (exact) mass is 300 g/mol. The number of rotatable bonds is 9. The van der Waals surface area contributed by atoms with E-state index < -0.39 is 0 Å². The van der Waals surface area contributed by atoms with Gasteiger partial charge in [-0.05, 0) is 19.4 Å². The zero-order valence-corrected chi connectivity index (χ0v) is 14.0. The van der Waals surface area contributed by atoms with Crippen LogP contribution in [-0.4, -0.2) is 6.01 Å². The Hall–Kier alpha value is -1.98. The number of hydrogen-bond acceptors (Lipinski definition) is 2. The number of aromatic nitrogens is 1. The Kier molecular flexibility index (Phi) is 14.0. The molecular weight excluding hydrogens is 272 g/mol. The first-order valence-electron chi connectivity index (χ1n) is 8.18. The Morgan fingerprint density at radius 1 is 1.14 bits per heavy atom. The van der Waals surface area contributed by atoms with Gasteiger partial charge >= 0.3 is 0 Å². The Balaban J connectivity index is 0.000000763. The SMILES string of the molecule is CCCCCCCCCC[n+]1cccc(C)c1.N#CN=C=[N-]. The average Bonchev–Trinajstić information content (AvgIpc) is 2.51. The summed E-state index contributed by atoms with van der Waals surface area (Å²) in [6.07, 6.45) is 16.9. The van der Waals surface area contributed by atoms with Crippen LogP contribution in [0, 0.1) is 18.4 Å². The summed E-state index contributed by atoms with van der Waals surface area (Å²) in [7, 11) is 0. The van der Waals surface area contributed by atoms with E-state index in [0.29, 0.717) is 0 Å². The van der Waals surface area contributed by atoms with Crippen molar-refractivity contribution in [2.24, 2.45) is 4.99 Å². The van der Waals surface area contributed by atoms with Crippen molar-refractivity contribution in [1.29, 1.82) is 5.26 Å². The van der Waals surface area contributed by atoms with Gasteiger partial charge in [0.15, 0.2) is 12.4 Å². The number of unbranched alkanes of at least 4 members (excludes halogenated alkanes) is 7. The van der Waals surface area contributed by atoms with E-state index in [1.807, 2.05) is 0 Å². The highest BCUT2D eigenvalue weighted by molar-refractivity contribution is 5.46. The molecule has 0 N–H and O–H groups in total. The molecule has 0 fully saturated rings. The van der Waals surface area contributed by atoms with Crippen LogP contribution in [0.25, 0.3) is 5.41 Å². The summed E-state index contributed by atoms with van der Waals surface area (Å²) >= 11 is 0. The van der Waals surface area contributed by atoms with Crippen LogP contribution < -0.4 is 4.57 Å². The Bertz CT molecular complexity index is 470. The molecule has 0 atom stereocenters. The number of nitriles is 1. The maximum atomic E-state index is 7.43. The van der Waals surface area contributed by atoms with E-state index in [9.17, 15) is 0 Å². The van der Waals surface area contributed by atoms with Gasteiger partial charge in [0.25, 0.3) is 0 Å².